The van der Waals surface area contributed by atoms with Gasteiger partial charge in [0.05, 0.1) is 17.6 Å². The van der Waals surface area contributed by atoms with Crippen LogP contribution in [-0.4, -0.2) is 37.5 Å². The number of ether oxygens (including phenoxy) is 2. The highest BCUT2D eigenvalue weighted by molar-refractivity contribution is 7.18. The van der Waals surface area contributed by atoms with Gasteiger partial charge >= 0.3 is 5.97 Å². The maximum atomic E-state index is 12.9. The summed E-state index contributed by atoms with van der Waals surface area (Å²) in [6, 6.07) is 7.53. The first-order valence-electron chi connectivity index (χ1n) is 10.4. The zero-order valence-electron chi connectivity index (χ0n) is 18.1. The van der Waals surface area contributed by atoms with E-state index in [9.17, 15) is 14.4 Å². The fourth-order valence-corrected chi connectivity index (χ4v) is 4.80. The van der Waals surface area contributed by atoms with Crippen molar-refractivity contribution >= 4 is 34.1 Å². The lowest BCUT2D eigenvalue weighted by atomic mass is 9.95. The number of carbonyl (C=O) groups is 3. The van der Waals surface area contributed by atoms with E-state index in [1.54, 1.807) is 13.0 Å². The number of benzene rings is 1. The van der Waals surface area contributed by atoms with Crippen LogP contribution in [-0.2, 0) is 9.53 Å². The van der Waals surface area contributed by atoms with Gasteiger partial charge < -0.3 is 20.1 Å². The van der Waals surface area contributed by atoms with E-state index < -0.39 is 11.9 Å². The van der Waals surface area contributed by atoms with E-state index >= 15 is 0 Å². The molecule has 0 unspecified atom stereocenters. The number of hydrogen-bond acceptors (Lipinski definition) is 6. The molecule has 1 heterocycles. The summed E-state index contributed by atoms with van der Waals surface area (Å²) in [6.45, 7) is 3.37. The molecular formula is C23H28N2O5S. The Bertz CT molecular complexity index is 963. The maximum Gasteiger partial charge on any atom is 0.341 e. The van der Waals surface area contributed by atoms with E-state index in [1.807, 2.05) is 25.1 Å². The fraction of sp³-hybridized carbons (Fsp3) is 0.435. The van der Waals surface area contributed by atoms with Crippen molar-refractivity contribution in [1.29, 1.82) is 0 Å². The average Bonchev–Trinajstić information content (AvgIpc) is 3.09. The molecular weight excluding hydrogens is 416 g/mol. The van der Waals surface area contributed by atoms with Crippen molar-refractivity contribution in [2.45, 2.75) is 52.0 Å². The van der Waals surface area contributed by atoms with Crippen LogP contribution in [0.4, 0.5) is 5.00 Å². The summed E-state index contributed by atoms with van der Waals surface area (Å²) in [5, 5.41) is 6.06. The van der Waals surface area contributed by atoms with Gasteiger partial charge in [0.2, 0.25) is 0 Å². The molecule has 1 fully saturated rings. The Kier molecular flexibility index (Phi) is 7.68. The van der Waals surface area contributed by atoms with E-state index in [4.69, 9.17) is 9.47 Å². The lowest BCUT2D eigenvalue weighted by Crippen LogP contribution is -2.36. The molecule has 0 spiro atoms. The molecule has 0 bridgehead atoms. The Labute approximate surface area is 186 Å². The Morgan fingerprint density at radius 2 is 1.81 bits per heavy atom. The van der Waals surface area contributed by atoms with Gasteiger partial charge in [-0.05, 0) is 43.9 Å². The van der Waals surface area contributed by atoms with Crippen molar-refractivity contribution in [2.24, 2.45) is 0 Å². The number of carbonyl (C=O) groups excluding carboxylic acids is 3. The van der Waals surface area contributed by atoms with Crippen molar-refractivity contribution < 1.29 is 23.9 Å². The van der Waals surface area contributed by atoms with Crippen molar-refractivity contribution in [2.75, 3.05) is 19.0 Å². The number of anilines is 1. The summed E-state index contributed by atoms with van der Waals surface area (Å²) in [7, 11) is 1.27. The average molecular weight is 445 g/mol. The molecule has 0 radical (unpaired) electrons. The summed E-state index contributed by atoms with van der Waals surface area (Å²) in [5.41, 5.74) is 1.62. The van der Waals surface area contributed by atoms with Crippen molar-refractivity contribution in [1.82, 2.24) is 5.32 Å². The first-order chi connectivity index (χ1) is 14.9. The number of esters is 1. The van der Waals surface area contributed by atoms with E-state index in [1.165, 1.54) is 13.5 Å². The van der Waals surface area contributed by atoms with Gasteiger partial charge in [0.1, 0.15) is 10.8 Å². The number of aryl methyl sites for hydroxylation is 1. The van der Waals surface area contributed by atoms with Gasteiger partial charge in [0.25, 0.3) is 11.8 Å². The number of para-hydroxylation sites is 1. The summed E-state index contributed by atoms with van der Waals surface area (Å²) in [6.07, 6.45) is 5.31. The number of rotatable bonds is 7. The topological polar surface area (TPSA) is 93.7 Å². The Balaban J connectivity index is 1.74. The smallest absolute Gasteiger partial charge is 0.341 e. The van der Waals surface area contributed by atoms with E-state index in [2.05, 4.69) is 10.6 Å². The third-order valence-electron chi connectivity index (χ3n) is 5.39. The highest BCUT2D eigenvalue weighted by Crippen LogP contribution is 2.34. The number of hydrogen-bond donors (Lipinski definition) is 2. The van der Waals surface area contributed by atoms with Gasteiger partial charge in [0.15, 0.2) is 6.61 Å². The van der Waals surface area contributed by atoms with Crippen LogP contribution in [0.5, 0.6) is 5.75 Å². The standard InChI is InChI=1S/C23H28N2O5S/c1-14-9-7-8-12-17(14)30-13-18(26)25-22-19(23(28)29-3)15(2)20(31-22)21(27)24-16-10-5-4-6-11-16/h7-9,12,16H,4-6,10-11,13H2,1-3H3,(H,24,27)(H,25,26). The number of thiophene rings is 1. The molecule has 1 saturated carbocycles. The Morgan fingerprint density at radius 3 is 2.48 bits per heavy atom. The molecule has 2 N–H and O–H groups in total. The molecule has 7 nitrogen and oxygen atoms in total. The largest absolute Gasteiger partial charge is 0.483 e. The van der Waals surface area contributed by atoms with Gasteiger partial charge in [-0.25, -0.2) is 4.79 Å². The highest BCUT2D eigenvalue weighted by Gasteiger charge is 2.27. The monoisotopic (exact) mass is 444 g/mol. The maximum absolute atomic E-state index is 12.9. The molecule has 2 amide bonds. The second kappa shape index (κ2) is 10.4. The van der Waals surface area contributed by atoms with Crippen LogP contribution in [0.15, 0.2) is 24.3 Å². The quantitative estimate of drug-likeness (QED) is 0.624. The highest BCUT2D eigenvalue weighted by atomic mass is 32.1. The van der Waals surface area contributed by atoms with Crippen molar-refractivity contribution in [3.63, 3.8) is 0 Å². The molecule has 0 atom stereocenters. The molecule has 0 saturated heterocycles. The zero-order valence-corrected chi connectivity index (χ0v) is 18.9. The molecule has 1 aliphatic carbocycles. The predicted octanol–water partition coefficient (Wildman–Crippen LogP) is 4.23. The first kappa shape index (κ1) is 22.8. The summed E-state index contributed by atoms with van der Waals surface area (Å²) in [5.74, 6) is -0.633. The van der Waals surface area contributed by atoms with E-state index in [0.717, 1.165) is 42.6 Å². The lowest BCUT2D eigenvalue weighted by Gasteiger charge is -2.22. The normalized spacial score (nSPS) is 14.0. The second-order valence-electron chi connectivity index (χ2n) is 7.66. The van der Waals surface area contributed by atoms with Gasteiger partial charge in [-0.1, -0.05) is 37.5 Å². The summed E-state index contributed by atoms with van der Waals surface area (Å²) < 4.78 is 10.5. The van der Waals surface area contributed by atoms with Gasteiger partial charge in [0, 0.05) is 6.04 Å². The van der Waals surface area contributed by atoms with Crippen LogP contribution < -0.4 is 15.4 Å². The van der Waals surface area contributed by atoms with Crippen LogP contribution in [0.3, 0.4) is 0 Å². The summed E-state index contributed by atoms with van der Waals surface area (Å²) >= 11 is 1.08. The SMILES string of the molecule is COC(=O)c1c(NC(=O)COc2ccccc2C)sc(C(=O)NC2CCCCC2)c1C. The fourth-order valence-electron chi connectivity index (χ4n) is 3.69. The number of methoxy groups -OCH3 is 1. The van der Waals surface area contributed by atoms with Crippen LogP contribution in [0.1, 0.15) is 63.3 Å². The molecule has 1 aromatic heterocycles. The van der Waals surface area contributed by atoms with Crippen LogP contribution in [0.2, 0.25) is 0 Å². The Morgan fingerprint density at radius 1 is 1.10 bits per heavy atom. The molecule has 0 aliphatic heterocycles. The molecule has 1 aromatic carbocycles. The molecule has 2 aromatic rings. The van der Waals surface area contributed by atoms with Crippen molar-refractivity contribution in [3.05, 3.63) is 45.8 Å². The zero-order chi connectivity index (χ0) is 22.4. The Hall–Kier alpha value is -2.87. The van der Waals surface area contributed by atoms with E-state index in [-0.39, 0.29) is 29.1 Å². The summed E-state index contributed by atoms with van der Waals surface area (Å²) in [4.78, 5) is 38.1. The van der Waals surface area contributed by atoms with Crippen LogP contribution >= 0.6 is 11.3 Å². The minimum atomic E-state index is -0.597. The number of amides is 2. The van der Waals surface area contributed by atoms with Gasteiger partial charge in [-0.2, -0.15) is 0 Å². The number of nitrogens with one attached hydrogen (secondary N) is 2. The first-order valence-corrected chi connectivity index (χ1v) is 11.2. The van der Waals surface area contributed by atoms with Crippen LogP contribution in [0, 0.1) is 13.8 Å². The third-order valence-corrected chi connectivity index (χ3v) is 6.59. The molecule has 3 rings (SSSR count). The van der Waals surface area contributed by atoms with Gasteiger partial charge in [-0.15, -0.1) is 11.3 Å². The third kappa shape index (κ3) is 5.64. The molecule has 8 heteroatoms. The minimum Gasteiger partial charge on any atom is -0.483 e. The van der Waals surface area contributed by atoms with E-state index in [0.29, 0.717) is 16.2 Å². The van der Waals surface area contributed by atoms with Crippen molar-refractivity contribution in [3.8, 4) is 5.75 Å². The minimum absolute atomic E-state index is 0.143. The van der Waals surface area contributed by atoms with Gasteiger partial charge in [-0.3, -0.25) is 9.59 Å². The molecule has 166 valence electrons. The lowest BCUT2D eigenvalue weighted by molar-refractivity contribution is -0.118. The van der Waals surface area contributed by atoms with Crippen LogP contribution in [0.25, 0.3) is 0 Å². The molecule has 1 aliphatic rings. The predicted molar refractivity (Wildman–Crippen MR) is 120 cm³/mol. The second-order valence-corrected chi connectivity index (χ2v) is 8.68. The molecule has 31 heavy (non-hydrogen) atoms.